The SMILES string of the molecule is CCOc1ccc(N=C2C(=O)N(CN3CCN(c4ccc(F)cc4)CC3)c3ccccc32)cc1. The van der Waals surface area contributed by atoms with Crippen molar-refractivity contribution in [2.24, 2.45) is 4.99 Å². The lowest BCUT2D eigenvalue weighted by molar-refractivity contribution is -0.112. The molecule has 2 heterocycles. The van der Waals surface area contributed by atoms with Crippen molar-refractivity contribution in [3.8, 4) is 5.75 Å². The van der Waals surface area contributed by atoms with E-state index in [4.69, 9.17) is 9.73 Å². The number of nitrogens with zero attached hydrogens (tertiary/aromatic N) is 4. The normalized spacial score (nSPS) is 17.4. The summed E-state index contributed by atoms with van der Waals surface area (Å²) in [6, 6.07) is 21.9. The molecule has 0 N–H and O–H groups in total. The molecule has 1 fully saturated rings. The number of halogens is 1. The summed E-state index contributed by atoms with van der Waals surface area (Å²) in [5.41, 5.74) is 3.94. The van der Waals surface area contributed by atoms with Crippen molar-refractivity contribution in [2.45, 2.75) is 6.92 Å². The summed E-state index contributed by atoms with van der Waals surface area (Å²) >= 11 is 0. The molecule has 6 nitrogen and oxygen atoms in total. The van der Waals surface area contributed by atoms with Crippen LogP contribution in [-0.2, 0) is 4.79 Å². The molecule has 0 bridgehead atoms. The number of piperazine rings is 1. The van der Waals surface area contributed by atoms with Gasteiger partial charge in [0.1, 0.15) is 17.3 Å². The van der Waals surface area contributed by atoms with Crippen molar-refractivity contribution in [3.63, 3.8) is 0 Å². The van der Waals surface area contributed by atoms with Gasteiger partial charge in [0, 0.05) is 37.4 Å². The van der Waals surface area contributed by atoms with Gasteiger partial charge in [-0.15, -0.1) is 0 Å². The first-order valence-corrected chi connectivity index (χ1v) is 11.6. The van der Waals surface area contributed by atoms with Crippen molar-refractivity contribution in [3.05, 3.63) is 84.2 Å². The fourth-order valence-corrected chi connectivity index (χ4v) is 4.42. The van der Waals surface area contributed by atoms with Crippen molar-refractivity contribution in [1.29, 1.82) is 0 Å². The maximum absolute atomic E-state index is 13.4. The van der Waals surface area contributed by atoms with Crippen LogP contribution in [0.15, 0.2) is 77.8 Å². The highest BCUT2D eigenvalue weighted by Gasteiger charge is 2.35. The number of anilines is 2. The van der Waals surface area contributed by atoms with E-state index >= 15 is 0 Å². The summed E-state index contributed by atoms with van der Waals surface area (Å²) in [6.07, 6.45) is 0. The summed E-state index contributed by atoms with van der Waals surface area (Å²) in [6.45, 7) is 6.33. The molecule has 0 spiro atoms. The Morgan fingerprint density at radius 2 is 1.62 bits per heavy atom. The minimum absolute atomic E-state index is 0.0870. The highest BCUT2D eigenvalue weighted by atomic mass is 19.1. The molecular weight excluding hydrogens is 431 g/mol. The van der Waals surface area contributed by atoms with Gasteiger partial charge >= 0.3 is 0 Å². The van der Waals surface area contributed by atoms with Crippen molar-refractivity contribution in [2.75, 3.05) is 49.3 Å². The Balaban J connectivity index is 1.30. The van der Waals surface area contributed by atoms with Crippen LogP contribution in [0.1, 0.15) is 12.5 Å². The van der Waals surface area contributed by atoms with E-state index < -0.39 is 0 Å². The zero-order valence-electron chi connectivity index (χ0n) is 19.2. The van der Waals surface area contributed by atoms with Gasteiger partial charge < -0.3 is 9.64 Å². The maximum Gasteiger partial charge on any atom is 0.278 e. The molecule has 3 aromatic carbocycles. The van der Waals surface area contributed by atoms with Crippen LogP contribution in [0, 0.1) is 5.82 Å². The number of ether oxygens (including phenoxy) is 1. The number of para-hydroxylation sites is 1. The molecule has 1 saturated heterocycles. The summed E-state index contributed by atoms with van der Waals surface area (Å²) in [4.78, 5) is 24.5. The van der Waals surface area contributed by atoms with E-state index in [-0.39, 0.29) is 11.7 Å². The standard InChI is InChI=1S/C27H27FN4O2/c1-2-34-23-13-9-21(10-14-23)29-26-24-5-3-4-6-25(24)32(27(26)33)19-30-15-17-31(18-16-30)22-11-7-20(28)8-12-22/h3-14H,2,15-19H2,1H3. The topological polar surface area (TPSA) is 48.4 Å². The monoisotopic (exact) mass is 458 g/mol. The zero-order chi connectivity index (χ0) is 23.5. The molecule has 7 heteroatoms. The summed E-state index contributed by atoms with van der Waals surface area (Å²) in [5, 5.41) is 0. The average Bonchev–Trinajstić information content (AvgIpc) is 3.12. The molecule has 174 valence electrons. The predicted octanol–water partition coefficient (Wildman–Crippen LogP) is 4.47. The third-order valence-electron chi connectivity index (χ3n) is 6.19. The predicted molar refractivity (Wildman–Crippen MR) is 133 cm³/mol. The molecular formula is C27H27FN4O2. The van der Waals surface area contributed by atoms with E-state index in [9.17, 15) is 9.18 Å². The fraction of sp³-hybridized carbons (Fsp3) is 0.259. The Kier molecular flexibility index (Phi) is 6.27. The zero-order valence-corrected chi connectivity index (χ0v) is 19.2. The molecule has 3 aromatic rings. The molecule has 0 aromatic heterocycles. The molecule has 0 radical (unpaired) electrons. The molecule has 0 aliphatic carbocycles. The van der Waals surface area contributed by atoms with E-state index in [0.717, 1.165) is 54.6 Å². The van der Waals surface area contributed by atoms with Crippen molar-refractivity contribution >= 4 is 28.7 Å². The Morgan fingerprint density at radius 3 is 2.32 bits per heavy atom. The third-order valence-corrected chi connectivity index (χ3v) is 6.19. The summed E-state index contributed by atoms with van der Waals surface area (Å²) in [5.74, 6) is 0.471. The second-order valence-electron chi connectivity index (χ2n) is 8.36. The van der Waals surface area contributed by atoms with Crippen LogP contribution < -0.4 is 14.5 Å². The lowest BCUT2D eigenvalue weighted by atomic mass is 10.1. The highest BCUT2D eigenvalue weighted by molar-refractivity contribution is 6.54. The lowest BCUT2D eigenvalue weighted by Gasteiger charge is -2.37. The molecule has 5 rings (SSSR count). The lowest BCUT2D eigenvalue weighted by Crippen LogP contribution is -2.51. The van der Waals surface area contributed by atoms with Crippen LogP contribution in [0.2, 0.25) is 0 Å². The number of aliphatic imine (C=N–C) groups is 1. The number of carbonyl (C=O) groups excluding carboxylic acids is 1. The Morgan fingerprint density at radius 1 is 0.912 bits per heavy atom. The van der Waals surface area contributed by atoms with E-state index in [1.54, 1.807) is 0 Å². The first-order chi connectivity index (χ1) is 16.6. The Labute approximate surface area is 198 Å². The van der Waals surface area contributed by atoms with Crippen LogP contribution in [0.4, 0.5) is 21.5 Å². The summed E-state index contributed by atoms with van der Waals surface area (Å²) < 4.78 is 18.7. The number of benzene rings is 3. The van der Waals surface area contributed by atoms with Crippen LogP contribution in [0.5, 0.6) is 5.75 Å². The van der Waals surface area contributed by atoms with E-state index in [0.29, 0.717) is 19.0 Å². The minimum Gasteiger partial charge on any atom is -0.494 e. The maximum atomic E-state index is 13.4. The van der Waals surface area contributed by atoms with Gasteiger partial charge in [-0.25, -0.2) is 9.38 Å². The van der Waals surface area contributed by atoms with Gasteiger partial charge in [0.15, 0.2) is 0 Å². The van der Waals surface area contributed by atoms with Gasteiger partial charge in [-0.1, -0.05) is 18.2 Å². The number of amides is 1. The van der Waals surface area contributed by atoms with E-state index in [1.165, 1.54) is 12.1 Å². The molecule has 2 aliphatic rings. The second kappa shape index (κ2) is 9.65. The number of rotatable bonds is 6. The Hall–Kier alpha value is -3.71. The van der Waals surface area contributed by atoms with Gasteiger partial charge in [0.05, 0.1) is 24.7 Å². The van der Waals surface area contributed by atoms with Crippen LogP contribution in [0.3, 0.4) is 0 Å². The van der Waals surface area contributed by atoms with Gasteiger partial charge in [0.25, 0.3) is 5.91 Å². The minimum atomic E-state index is -0.226. The molecule has 34 heavy (non-hydrogen) atoms. The summed E-state index contributed by atoms with van der Waals surface area (Å²) in [7, 11) is 0. The van der Waals surface area contributed by atoms with E-state index in [2.05, 4.69) is 9.80 Å². The van der Waals surface area contributed by atoms with Crippen LogP contribution in [-0.4, -0.2) is 56.0 Å². The van der Waals surface area contributed by atoms with Crippen LogP contribution >= 0.6 is 0 Å². The fourth-order valence-electron chi connectivity index (χ4n) is 4.42. The average molecular weight is 459 g/mol. The van der Waals surface area contributed by atoms with Crippen molar-refractivity contribution in [1.82, 2.24) is 4.90 Å². The smallest absolute Gasteiger partial charge is 0.278 e. The molecule has 0 saturated carbocycles. The number of carbonyl (C=O) groups is 1. The number of hydrogen-bond donors (Lipinski definition) is 0. The first-order valence-electron chi connectivity index (χ1n) is 11.6. The van der Waals surface area contributed by atoms with Gasteiger partial charge in [-0.05, 0) is 61.5 Å². The van der Waals surface area contributed by atoms with E-state index in [1.807, 2.05) is 72.5 Å². The second-order valence-corrected chi connectivity index (χ2v) is 8.36. The Bertz CT molecular complexity index is 1190. The van der Waals surface area contributed by atoms with Crippen molar-refractivity contribution < 1.29 is 13.9 Å². The van der Waals surface area contributed by atoms with Gasteiger partial charge in [-0.3, -0.25) is 14.6 Å². The molecule has 0 atom stereocenters. The molecule has 0 unspecified atom stereocenters. The number of hydrogen-bond acceptors (Lipinski definition) is 5. The first kappa shape index (κ1) is 22.1. The van der Waals surface area contributed by atoms with Gasteiger partial charge in [-0.2, -0.15) is 0 Å². The van der Waals surface area contributed by atoms with Crippen LogP contribution in [0.25, 0.3) is 0 Å². The quantitative estimate of drug-likeness (QED) is 0.547. The van der Waals surface area contributed by atoms with Gasteiger partial charge in [0.2, 0.25) is 0 Å². The largest absolute Gasteiger partial charge is 0.494 e. The number of fused-ring (bicyclic) bond motifs is 1. The molecule has 1 amide bonds. The molecule has 2 aliphatic heterocycles. The highest BCUT2D eigenvalue weighted by Crippen LogP contribution is 2.31. The third kappa shape index (κ3) is 4.52.